The molecular formula is C21H24N4O5S. The van der Waals surface area contributed by atoms with Gasteiger partial charge in [0.15, 0.2) is 4.90 Å². The molecule has 2 aliphatic rings. The van der Waals surface area contributed by atoms with E-state index in [4.69, 9.17) is 0 Å². The number of nitrogens with one attached hydrogen (secondary N) is 2. The van der Waals surface area contributed by atoms with Gasteiger partial charge in [0.2, 0.25) is 0 Å². The van der Waals surface area contributed by atoms with Gasteiger partial charge in [-0.1, -0.05) is 43.2 Å². The number of hydrogen-bond acceptors (Lipinski definition) is 6. The molecule has 164 valence electrons. The summed E-state index contributed by atoms with van der Waals surface area (Å²) >= 11 is 0. The van der Waals surface area contributed by atoms with E-state index in [-0.39, 0.29) is 16.9 Å². The molecule has 10 heteroatoms. The van der Waals surface area contributed by atoms with Crippen LogP contribution in [0.15, 0.2) is 59.5 Å². The second kappa shape index (κ2) is 8.64. The van der Waals surface area contributed by atoms with E-state index >= 15 is 0 Å². The van der Waals surface area contributed by atoms with Crippen molar-refractivity contribution in [2.24, 2.45) is 5.92 Å². The van der Waals surface area contributed by atoms with Crippen LogP contribution in [0.3, 0.4) is 0 Å². The molecule has 4 rings (SSSR count). The lowest BCUT2D eigenvalue weighted by molar-refractivity contribution is -0.387. The molecule has 3 unspecified atom stereocenters. The van der Waals surface area contributed by atoms with Gasteiger partial charge in [-0.2, -0.15) is 4.31 Å². The Balaban J connectivity index is 1.66. The van der Waals surface area contributed by atoms with Crippen LogP contribution in [0.1, 0.15) is 32.1 Å². The number of hydrogen-bond donors (Lipinski definition) is 2. The number of rotatable bonds is 6. The fourth-order valence-corrected chi connectivity index (χ4v) is 6.70. The number of sulfonamides is 1. The number of nitro benzene ring substituents is 1. The largest absolute Gasteiger partial charge is 0.299 e. The van der Waals surface area contributed by atoms with Crippen LogP contribution in [0.2, 0.25) is 0 Å². The molecule has 3 atom stereocenters. The average Bonchev–Trinajstić information content (AvgIpc) is 3.19. The number of amides is 1. The summed E-state index contributed by atoms with van der Waals surface area (Å²) in [6, 6.07) is 13.0. The SMILES string of the molecule is O=C(NNc1ccccc1)C1CC2CCCCC2N1S(=O)(=O)c1ccccc1[N+](=O)[O-]. The maximum Gasteiger partial charge on any atom is 0.289 e. The second-order valence-electron chi connectivity index (χ2n) is 7.90. The second-order valence-corrected chi connectivity index (χ2v) is 9.72. The van der Waals surface area contributed by atoms with Crippen molar-refractivity contribution in [3.8, 4) is 0 Å². The highest BCUT2D eigenvalue weighted by Gasteiger charge is 2.52. The van der Waals surface area contributed by atoms with Gasteiger partial charge in [-0.05, 0) is 43.4 Å². The van der Waals surface area contributed by atoms with Gasteiger partial charge in [-0.3, -0.25) is 25.8 Å². The molecule has 0 spiro atoms. The van der Waals surface area contributed by atoms with Gasteiger partial charge in [0.1, 0.15) is 6.04 Å². The molecule has 0 radical (unpaired) electrons. The zero-order chi connectivity index (χ0) is 22.0. The monoisotopic (exact) mass is 444 g/mol. The molecule has 1 saturated carbocycles. The highest BCUT2D eigenvalue weighted by Crippen LogP contribution is 2.43. The van der Waals surface area contributed by atoms with E-state index in [2.05, 4.69) is 10.9 Å². The van der Waals surface area contributed by atoms with Gasteiger partial charge in [0.25, 0.3) is 21.6 Å². The Kier molecular flexibility index (Phi) is 5.92. The molecule has 0 aromatic heterocycles. The molecule has 1 aliphatic heterocycles. The quantitative estimate of drug-likeness (QED) is 0.522. The molecule has 2 fully saturated rings. The van der Waals surface area contributed by atoms with Crippen LogP contribution in [-0.4, -0.2) is 35.6 Å². The first kappa shape index (κ1) is 21.3. The predicted octanol–water partition coefficient (Wildman–Crippen LogP) is 3.06. The molecule has 31 heavy (non-hydrogen) atoms. The predicted molar refractivity (Wildman–Crippen MR) is 114 cm³/mol. The lowest BCUT2D eigenvalue weighted by Crippen LogP contribution is -2.50. The molecule has 2 aromatic carbocycles. The number of hydrazine groups is 1. The number of para-hydroxylation sites is 2. The van der Waals surface area contributed by atoms with Crippen LogP contribution in [0, 0.1) is 16.0 Å². The molecule has 2 aromatic rings. The van der Waals surface area contributed by atoms with Crippen molar-refractivity contribution < 1.29 is 18.1 Å². The van der Waals surface area contributed by atoms with Crippen LogP contribution in [0.4, 0.5) is 11.4 Å². The van der Waals surface area contributed by atoms with Crippen LogP contribution in [0.25, 0.3) is 0 Å². The number of carbonyl (C=O) groups is 1. The number of benzene rings is 2. The fourth-order valence-electron chi connectivity index (χ4n) is 4.67. The first-order valence-corrected chi connectivity index (χ1v) is 11.7. The minimum atomic E-state index is -4.26. The third-order valence-electron chi connectivity index (χ3n) is 6.05. The van der Waals surface area contributed by atoms with E-state index in [9.17, 15) is 23.3 Å². The van der Waals surface area contributed by atoms with Crippen LogP contribution >= 0.6 is 0 Å². The number of anilines is 1. The summed E-state index contributed by atoms with van der Waals surface area (Å²) in [5, 5.41) is 11.5. The Morgan fingerprint density at radius 1 is 1.03 bits per heavy atom. The standard InChI is InChI=1S/C21H24N4O5S/c26-21(23-22-16-9-2-1-3-10-16)19-14-15-8-4-5-11-17(15)24(19)31(29,30)20-13-7-6-12-18(20)25(27)28/h1-3,6-7,9-10,12-13,15,17,19,22H,4-5,8,11,14H2,(H,23,26). The van der Waals surface area contributed by atoms with Gasteiger partial charge < -0.3 is 0 Å². The third kappa shape index (κ3) is 4.13. The molecule has 1 amide bonds. The molecule has 1 saturated heterocycles. The number of carbonyl (C=O) groups excluding carboxylic acids is 1. The zero-order valence-corrected chi connectivity index (χ0v) is 17.6. The summed E-state index contributed by atoms with van der Waals surface area (Å²) < 4.78 is 28.5. The minimum Gasteiger partial charge on any atom is -0.299 e. The number of fused-ring (bicyclic) bond motifs is 1. The lowest BCUT2D eigenvalue weighted by atomic mass is 9.85. The normalized spacial score (nSPS) is 23.7. The van der Waals surface area contributed by atoms with E-state index in [0.717, 1.165) is 19.3 Å². The summed E-state index contributed by atoms with van der Waals surface area (Å²) in [7, 11) is -4.26. The average molecular weight is 445 g/mol. The Bertz CT molecular complexity index is 1080. The molecule has 9 nitrogen and oxygen atoms in total. The van der Waals surface area contributed by atoms with Crippen molar-refractivity contribution in [2.45, 2.75) is 49.1 Å². The van der Waals surface area contributed by atoms with Gasteiger partial charge in [-0.25, -0.2) is 8.42 Å². The Labute approximate surface area is 180 Å². The highest BCUT2D eigenvalue weighted by atomic mass is 32.2. The van der Waals surface area contributed by atoms with Crippen molar-refractivity contribution in [2.75, 3.05) is 5.43 Å². The lowest BCUT2D eigenvalue weighted by Gasteiger charge is -2.32. The van der Waals surface area contributed by atoms with Crippen molar-refractivity contribution in [1.29, 1.82) is 0 Å². The van der Waals surface area contributed by atoms with E-state index < -0.39 is 32.6 Å². The minimum absolute atomic E-state index is 0.0544. The van der Waals surface area contributed by atoms with Gasteiger partial charge in [-0.15, -0.1) is 0 Å². The Morgan fingerprint density at radius 2 is 1.71 bits per heavy atom. The maximum atomic E-state index is 13.6. The van der Waals surface area contributed by atoms with E-state index in [1.165, 1.54) is 28.6 Å². The van der Waals surface area contributed by atoms with Crippen LogP contribution in [0.5, 0.6) is 0 Å². The van der Waals surface area contributed by atoms with Crippen molar-refractivity contribution in [3.63, 3.8) is 0 Å². The van der Waals surface area contributed by atoms with Gasteiger partial charge in [0, 0.05) is 12.1 Å². The fraction of sp³-hybridized carbons (Fsp3) is 0.381. The number of nitrogens with zero attached hydrogens (tertiary/aromatic N) is 2. The Hall–Kier alpha value is -2.98. The Morgan fingerprint density at radius 3 is 2.45 bits per heavy atom. The molecular weight excluding hydrogens is 420 g/mol. The van der Waals surface area contributed by atoms with E-state index in [1.54, 1.807) is 12.1 Å². The smallest absolute Gasteiger partial charge is 0.289 e. The third-order valence-corrected chi connectivity index (χ3v) is 8.03. The van der Waals surface area contributed by atoms with E-state index in [1.807, 2.05) is 18.2 Å². The summed E-state index contributed by atoms with van der Waals surface area (Å²) in [6.07, 6.45) is 3.72. The topological polar surface area (TPSA) is 122 Å². The summed E-state index contributed by atoms with van der Waals surface area (Å²) in [4.78, 5) is 23.5. The first-order chi connectivity index (χ1) is 14.9. The summed E-state index contributed by atoms with van der Waals surface area (Å²) in [6.45, 7) is 0. The van der Waals surface area contributed by atoms with Gasteiger partial charge >= 0.3 is 0 Å². The first-order valence-electron chi connectivity index (χ1n) is 10.3. The van der Waals surface area contributed by atoms with Gasteiger partial charge in [0.05, 0.1) is 10.6 Å². The van der Waals surface area contributed by atoms with Crippen LogP contribution < -0.4 is 10.9 Å². The molecule has 0 bridgehead atoms. The van der Waals surface area contributed by atoms with Crippen molar-refractivity contribution in [1.82, 2.24) is 9.73 Å². The van der Waals surface area contributed by atoms with E-state index in [0.29, 0.717) is 18.5 Å². The molecule has 2 N–H and O–H groups in total. The van der Waals surface area contributed by atoms with Crippen molar-refractivity contribution in [3.05, 3.63) is 64.7 Å². The van der Waals surface area contributed by atoms with Crippen molar-refractivity contribution >= 4 is 27.3 Å². The highest BCUT2D eigenvalue weighted by molar-refractivity contribution is 7.89. The number of nitro groups is 1. The zero-order valence-electron chi connectivity index (χ0n) is 16.8. The van der Waals surface area contributed by atoms with Crippen LogP contribution in [-0.2, 0) is 14.8 Å². The summed E-state index contributed by atoms with van der Waals surface area (Å²) in [5.41, 5.74) is 5.61. The molecule has 1 aliphatic carbocycles. The summed E-state index contributed by atoms with van der Waals surface area (Å²) in [5.74, 6) is -0.417. The maximum absolute atomic E-state index is 13.6. The molecule has 1 heterocycles.